The maximum atomic E-state index is 13.3. The average Bonchev–Trinajstić information content (AvgIpc) is 3.32. The third-order valence-electron chi connectivity index (χ3n) is 14.7. The van der Waals surface area contributed by atoms with Gasteiger partial charge in [-0.1, -0.05) is 316 Å². The highest BCUT2D eigenvalue weighted by molar-refractivity contribution is 5.77. The molecule has 0 saturated carbocycles. The highest BCUT2D eigenvalue weighted by Gasteiger charge is 2.24. The zero-order chi connectivity index (χ0) is 48.8. The Morgan fingerprint density at radius 3 is 0.910 bits per heavy atom. The van der Waals surface area contributed by atoms with Crippen LogP contribution in [-0.2, 0) is 14.3 Å². The number of rotatable bonds is 57. The number of hydrogen-bond acceptors (Lipinski definition) is 5. The first-order valence-electron chi connectivity index (χ1n) is 30.8. The number of ether oxygens (including phenoxy) is 1. The van der Waals surface area contributed by atoms with Crippen LogP contribution in [0.4, 0.5) is 0 Å². The monoisotopic (exact) mass is 948 g/mol. The molecule has 0 radical (unpaired) electrons. The molecule has 3 atom stereocenters. The van der Waals surface area contributed by atoms with Crippen LogP contribution in [0, 0.1) is 0 Å². The lowest BCUT2D eigenvalue weighted by Crippen LogP contribution is -2.46. The maximum absolute atomic E-state index is 13.3. The quantitative estimate of drug-likeness (QED) is 0.0417. The number of esters is 1. The van der Waals surface area contributed by atoms with Crippen molar-refractivity contribution in [1.29, 1.82) is 0 Å². The van der Waals surface area contributed by atoms with Crippen LogP contribution in [0.2, 0.25) is 0 Å². The Bertz CT molecular complexity index is 975. The molecular weight excluding hydrogens is 827 g/mol. The van der Waals surface area contributed by atoms with Crippen LogP contribution in [0.15, 0.2) is 0 Å². The number of hydrogen-bond donors (Lipinski definition) is 3. The van der Waals surface area contributed by atoms with Crippen LogP contribution >= 0.6 is 0 Å². The molecule has 3 N–H and O–H groups in total. The lowest BCUT2D eigenvalue weighted by Gasteiger charge is -2.24. The molecule has 0 aliphatic carbocycles. The molecule has 0 bridgehead atoms. The van der Waals surface area contributed by atoms with Crippen molar-refractivity contribution in [2.24, 2.45) is 0 Å². The van der Waals surface area contributed by atoms with Gasteiger partial charge in [0.15, 0.2) is 0 Å². The normalized spacial score (nSPS) is 13.0. The van der Waals surface area contributed by atoms with Gasteiger partial charge in [-0.15, -0.1) is 0 Å². The molecule has 0 fully saturated rings. The van der Waals surface area contributed by atoms with Crippen molar-refractivity contribution in [1.82, 2.24) is 5.32 Å². The van der Waals surface area contributed by atoms with Gasteiger partial charge in [0.1, 0.15) is 6.10 Å². The Balaban J connectivity index is 4.42. The van der Waals surface area contributed by atoms with E-state index in [-0.39, 0.29) is 24.9 Å². The standard InChI is InChI=1S/C61H121NO5/c1-4-7-10-13-16-19-22-25-27-29-31-33-36-39-42-45-48-51-54-61(66)67-57(52-49-46-43-40-37-34-24-21-18-15-12-9-6-3)55-60(65)62-58(56-63)59(64)53-50-47-44-41-38-35-32-30-28-26-23-20-17-14-11-8-5-2/h57-59,63-64H,4-56H2,1-3H3,(H,62,65). The topological polar surface area (TPSA) is 95.9 Å². The molecule has 6 heteroatoms. The van der Waals surface area contributed by atoms with Crippen molar-refractivity contribution >= 4 is 11.9 Å². The Hall–Kier alpha value is -1.14. The van der Waals surface area contributed by atoms with E-state index in [2.05, 4.69) is 26.1 Å². The highest BCUT2D eigenvalue weighted by Crippen LogP contribution is 2.20. The van der Waals surface area contributed by atoms with Crippen LogP contribution in [0.1, 0.15) is 355 Å². The lowest BCUT2D eigenvalue weighted by molar-refractivity contribution is -0.151. The van der Waals surface area contributed by atoms with Crippen molar-refractivity contribution in [3.05, 3.63) is 0 Å². The summed E-state index contributed by atoms with van der Waals surface area (Å²) in [7, 11) is 0. The Morgan fingerprint density at radius 1 is 0.373 bits per heavy atom. The smallest absolute Gasteiger partial charge is 0.306 e. The number of amides is 1. The lowest BCUT2D eigenvalue weighted by atomic mass is 10.0. The predicted octanol–water partition coefficient (Wildman–Crippen LogP) is 19.1. The Morgan fingerprint density at radius 2 is 0.627 bits per heavy atom. The number of nitrogens with one attached hydrogen (secondary N) is 1. The summed E-state index contributed by atoms with van der Waals surface area (Å²) in [5.41, 5.74) is 0. The Labute approximate surface area is 419 Å². The van der Waals surface area contributed by atoms with E-state index in [0.29, 0.717) is 19.3 Å². The third kappa shape index (κ3) is 51.0. The summed E-state index contributed by atoms with van der Waals surface area (Å²) in [4.78, 5) is 26.3. The molecule has 0 heterocycles. The molecule has 0 rings (SSSR count). The second-order valence-corrected chi connectivity index (χ2v) is 21.5. The highest BCUT2D eigenvalue weighted by atomic mass is 16.5. The predicted molar refractivity (Wildman–Crippen MR) is 292 cm³/mol. The average molecular weight is 949 g/mol. The fraction of sp³-hybridized carbons (Fsp3) is 0.967. The summed E-state index contributed by atoms with van der Waals surface area (Å²) in [6, 6.07) is -0.694. The first kappa shape index (κ1) is 65.9. The van der Waals surface area contributed by atoms with Gasteiger partial charge >= 0.3 is 5.97 Å². The van der Waals surface area contributed by atoms with Crippen molar-refractivity contribution in [3.63, 3.8) is 0 Å². The van der Waals surface area contributed by atoms with Gasteiger partial charge in [-0.05, 0) is 25.7 Å². The van der Waals surface area contributed by atoms with Gasteiger partial charge in [0.05, 0.1) is 25.2 Å². The molecule has 6 nitrogen and oxygen atoms in total. The van der Waals surface area contributed by atoms with E-state index >= 15 is 0 Å². The summed E-state index contributed by atoms with van der Waals surface area (Å²) < 4.78 is 5.98. The summed E-state index contributed by atoms with van der Waals surface area (Å²) >= 11 is 0. The van der Waals surface area contributed by atoms with Gasteiger partial charge in [0.2, 0.25) is 5.91 Å². The molecule has 0 aromatic rings. The van der Waals surface area contributed by atoms with E-state index < -0.39 is 18.2 Å². The van der Waals surface area contributed by atoms with Crippen molar-refractivity contribution in [2.75, 3.05) is 6.61 Å². The summed E-state index contributed by atoms with van der Waals surface area (Å²) in [5.74, 6) is -0.442. The van der Waals surface area contributed by atoms with Crippen LogP contribution in [0.25, 0.3) is 0 Å². The van der Waals surface area contributed by atoms with E-state index in [1.54, 1.807) is 0 Å². The van der Waals surface area contributed by atoms with Crippen molar-refractivity contribution in [2.45, 2.75) is 373 Å². The van der Waals surface area contributed by atoms with Gasteiger partial charge in [-0.3, -0.25) is 9.59 Å². The van der Waals surface area contributed by atoms with Gasteiger partial charge < -0.3 is 20.3 Å². The number of carbonyl (C=O) groups is 2. The van der Waals surface area contributed by atoms with E-state index in [1.807, 2.05) is 0 Å². The zero-order valence-electron chi connectivity index (χ0n) is 45.8. The van der Waals surface area contributed by atoms with E-state index in [0.717, 1.165) is 38.5 Å². The fourth-order valence-corrected chi connectivity index (χ4v) is 10.0. The molecule has 400 valence electrons. The minimum atomic E-state index is -0.781. The largest absolute Gasteiger partial charge is 0.462 e. The minimum absolute atomic E-state index is 0.0888. The molecule has 0 aromatic carbocycles. The van der Waals surface area contributed by atoms with Gasteiger partial charge in [-0.2, -0.15) is 0 Å². The SMILES string of the molecule is CCCCCCCCCCCCCCCCCCCCC(=O)OC(CCCCCCCCCCCCCCC)CC(=O)NC(CO)C(O)CCCCCCCCCCCCCCCCCCC. The van der Waals surface area contributed by atoms with Gasteiger partial charge in [0.25, 0.3) is 0 Å². The molecule has 1 amide bonds. The van der Waals surface area contributed by atoms with E-state index in [9.17, 15) is 19.8 Å². The zero-order valence-corrected chi connectivity index (χ0v) is 45.8. The molecule has 0 aliphatic rings. The fourth-order valence-electron chi connectivity index (χ4n) is 10.0. The molecule has 0 spiro atoms. The number of aliphatic hydroxyl groups excluding tert-OH is 2. The number of aliphatic hydroxyl groups is 2. The van der Waals surface area contributed by atoms with Crippen molar-refractivity contribution in [3.8, 4) is 0 Å². The van der Waals surface area contributed by atoms with Crippen LogP contribution < -0.4 is 5.32 Å². The first-order valence-corrected chi connectivity index (χ1v) is 30.8. The molecule has 0 saturated heterocycles. The summed E-state index contributed by atoms with van der Waals surface area (Å²) in [5, 5.41) is 23.9. The maximum Gasteiger partial charge on any atom is 0.306 e. The molecular formula is C61H121NO5. The molecule has 3 unspecified atom stereocenters. The number of unbranched alkanes of at least 4 members (excludes halogenated alkanes) is 45. The van der Waals surface area contributed by atoms with Gasteiger partial charge in [-0.25, -0.2) is 0 Å². The third-order valence-corrected chi connectivity index (χ3v) is 14.7. The summed E-state index contributed by atoms with van der Waals surface area (Å²) in [6.45, 7) is 6.55. The minimum Gasteiger partial charge on any atom is -0.462 e. The Kier molecular flexibility index (Phi) is 54.8. The molecule has 67 heavy (non-hydrogen) atoms. The molecule has 0 aromatic heterocycles. The number of carbonyl (C=O) groups excluding carboxylic acids is 2. The van der Waals surface area contributed by atoms with Crippen molar-refractivity contribution < 1.29 is 24.5 Å². The summed E-state index contributed by atoms with van der Waals surface area (Å²) in [6.07, 6.45) is 63.2. The first-order chi connectivity index (χ1) is 33.0. The second kappa shape index (κ2) is 55.8. The van der Waals surface area contributed by atoms with Crippen LogP contribution in [0.3, 0.4) is 0 Å². The van der Waals surface area contributed by atoms with E-state index in [4.69, 9.17) is 4.74 Å². The molecule has 0 aliphatic heterocycles. The van der Waals surface area contributed by atoms with Gasteiger partial charge in [0, 0.05) is 6.42 Å². The second-order valence-electron chi connectivity index (χ2n) is 21.5. The van der Waals surface area contributed by atoms with E-state index in [1.165, 1.54) is 270 Å². The van der Waals surface area contributed by atoms with Crippen LogP contribution in [-0.4, -0.2) is 46.9 Å². The van der Waals surface area contributed by atoms with Crippen LogP contribution in [0.5, 0.6) is 0 Å².